The fourth-order valence-corrected chi connectivity index (χ4v) is 2.36. The molecule has 0 bridgehead atoms. The SMILES string of the molecule is OC1(COCC2CCCCO2)CCNCC1. The summed E-state index contributed by atoms with van der Waals surface area (Å²) in [6.45, 7) is 3.73. The summed E-state index contributed by atoms with van der Waals surface area (Å²) in [4.78, 5) is 0. The third-order valence-corrected chi connectivity index (χ3v) is 3.48. The Morgan fingerprint density at radius 2 is 2.12 bits per heavy atom. The zero-order valence-electron chi connectivity index (χ0n) is 9.91. The molecule has 1 unspecified atom stereocenters. The molecule has 16 heavy (non-hydrogen) atoms. The first kappa shape index (κ1) is 12.3. The third kappa shape index (κ3) is 3.70. The first-order valence-electron chi connectivity index (χ1n) is 6.41. The number of rotatable bonds is 4. The van der Waals surface area contributed by atoms with E-state index in [1.807, 2.05) is 0 Å². The monoisotopic (exact) mass is 229 g/mol. The lowest BCUT2D eigenvalue weighted by Gasteiger charge is -2.33. The fourth-order valence-electron chi connectivity index (χ4n) is 2.36. The van der Waals surface area contributed by atoms with Crippen LogP contribution in [-0.4, -0.2) is 49.7 Å². The van der Waals surface area contributed by atoms with Gasteiger partial charge in [-0.3, -0.25) is 0 Å². The maximum Gasteiger partial charge on any atom is 0.0904 e. The average molecular weight is 229 g/mol. The smallest absolute Gasteiger partial charge is 0.0904 e. The van der Waals surface area contributed by atoms with E-state index in [9.17, 15) is 5.11 Å². The highest BCUT2D eigenvalue weighted by atomic mass is 16.5. The van der Waals surface area contributed by atoms with Gasteiger partial charge in [0, 0.05) is 6.61 Å². The van der Waals surface area contributed by atoms with E-state index >= 15 is 0 Å². The highest BCUT2D eigenvalue weighted by Crippen LogP contribution is 2.19. The number of ether oxygens (including phenoxy) is 2. The Hall–Kier alpha value is -0.160. The van der Waals surface area contributed by atoms with Gasteiger partial charge in [0.25, 0.3) is 0 Å². The quantitative estimate of drug-likeness (QED) is 0.744. The summed E-state index contributed by atoms with van der Waals surface area (Å²) in [7, 11) is 0. The van der Waals surface area contributed by atoms with Crippen LogP contribution in [0.2, 0.25) is 0 Å². The minimum atomic E-state index is -0.611. The van der Waals surface area contributed by atoms with Crippen LogP contribution in [0.15, 0.2) is 0 Å². The number of nitrogens with one attached hydrogen (secondary N) is 1. The maximum atomic E-state index is 10.2. The van der Waals surface area contributed by atoms with E-state index in [1.54, 1.807) is 0 Å². The lowest BCUT2D eigenvalue weighted by atomic mass is 9.93. The molecule has 0 aromatic carbocycles. The Morgan fingerprint density at radius 1 is 1.31 bits per heavy atom. The molecule has 0 aromatic heterocycles. The second-order valence-electron chi connectivity index (χ2n) is 4.98. The number of piperidine rings is 1. The third-order valence-electron chi connectivity index (χ3n) is 3.48. The second kappa shape index (κ2) is 5.96. The molecule has 0 radical (unpaired) electrons. The minimum Gasteiger partial charge on any atom is -0.387 e. The lowest BCUT2D eigenvalue weighted by molar-refractivity contribution is -0.0970. The van der Waals surface area contributed by atoms with Crippen molar-refractivity contribution in [3.63, 3.8) is 0 Å². The van der Waals surface area contributed by atoms with Crippen LogP contribution in [0, 0.1) is 0 Å². The summed E-state index contributed by atoms with van der Waals surface area (Å²) in [6, 6.07) is 0. The van der Waals surface area contributed by atoms with E-state index in [4.69, 9.17) is 9.47 Å². The molecular weight excluding hydrogens is 206 g/mol. The van der Waals surface area contributed by atoms with Crippen LogP contribution in [0.3, 0.4) is 0 Å². The van der Waals surface area contributed by atoms with E-state index in [1.165, 1.54) is 12.8 Å². The van der Waals surface area contributed by atoms with Crippen molar-refractivity contribution in [1.82, 2.24) is 5.32 Å². The summed E-state index contributed by atoms with van der Waals surface area (Å²) < 4.78 is 11.2. The summed E-state index contributed by atoms with van der Waals surface area (Å²) in [5.74, 6) is 0. The molecule has 2 heterocycles. The van der Waals surface area contributed by atoms with E-state index in [2.05, 4.69) is 5.32 Å². The van der Waals surface area contributed by atoms with E-state index in [-0.39, 0.29) is 6.10 Å². The number of hydrogen-bond donors (Lipinski definition) is 2. The molecule has 0 aliphatic carbocycles. The van der Waals surface area contributed by atoms with Crippen molar-refractivity contribution in [3.8, 4) is 0 Å². The van der Waals surface area contributed by atoms with Gasteiger partial charge in [-0.25, -0.2) is 0 Å². The molecular formula is C12H23NO3. The lowest BCUT2D eigenvalue weighted by Crippen LogP contribution is -2.45. The van der Waals surface area contributed by atoms with E-state index < -0.39 is 5.60 Å². The molecule has 94 valence electrons. The van der Waals surface area contributed by atoms with Crippen LogP contribution in [0.1, 0.15) is 32.1 Å². The Labute approximate surface area is 97.3 Å². The van der Waals surface area contributed by atoms with Crippen molar-refractivity contribution in [2.45, 2.75) is 43.8 Å². The summed E-state index contributed by atoms with van der Waals surface area (Å²) >= 11 is 0. The largest absolute Gasteiger partial charge is 0.387 e. The normalized spacial score (nSPS) is 30.2. The maximum absolute atomic E-state index is 10.2. The van der Waals surface area contributed by atoms with Gasteiger partial charge < -0.3 is 19.9 Å². The van der Waals surface area contributed by atoms with E-state index in [0.717, 1.165) is 39.0 Å². The fraction of sp³-hybridized carbons (Fsp3) is 1.00. The molecule has 1 atom stereocenters. The Morgan fingerprint density at radius 3 is 2.81 bits per heavy atom. The van der Waals surface area contributed by atoms with E-state index in [0.29, 0.717) is 13.2 Å². The zero-order valence-corrected chi connectivity index (χ0v) is 9.91. The molecule has 2 rings (SSSR count). The summed E-state index contributed by atoms with van der Waals surface area (Å²) in [5.41, 5.74) is -0.611. The molecule has 0 amide bonds. The van der Waals surface area contributed by atoms with Gasteiger partial charge in [0.15, 0.2) is 0 Å². The highest BCUT2D eigenvalue weighted by Gasteiger charge is 2.29. The van der Waals surface area contributed by atoms with Gasteiger partial charge >= 0.3 is 0 Å². The van der Waals surface area contributed by atoms with Crippen LogP contribution in [0.5, 0.6) is 0 Å². The van der Waals surface area contributed by atoms with Crippen LogP contribution in [0.25, 0.3) is 0 Å². The van der Waals surface area contributed by atoms with Crippen molar-refractivity contribution >= 4 is 0 Å². The average Bonchev–Trinajstić information content (AvgIpc) is 2.31. The van der Waals surface area contributed by atoms with Gasteiger partial charge in [-0.05, 0) is 45.2 Å². The molecule has 4 heteroatoms. The molecule has 4 nitrogen and oxygen atoms in total. The van der Waals surface area contributed by atoms with Crippen LogP contribution >= 0.6 is 0 Å². The van der Waals surface area contributed by atoms with Gasteiger partial charge in [-0.2, -0.15) is 0 Å². The molecule has 2 aliphatic heterocycles. The molecule has 2 fully saturated rings. The van der Waals surface area contributed by atoms with Crippen molar-refractivity contribution in [3.05, 3.63) is 0 Å². The second-order valence-corrected chi connectivity index (χ2v) is 4.98. The Bertz CT molecular complexity index is 198. The van der Waals surface area contributed by atoms with Gasteiger partial charge in [0.1, 0.15) is 0 Å². The molecule has 2 aliphatic rings. The Kier molecular flexibility index (Phi) is 4.58. The standard InChI is InChI=1S/C12H23NO3/c14-12(4-6-13-7-5-12)10-15-9-11-3-1-2-8-16-11/h11,13-14H,1-10H2. The van der Waals surface area contributed by atoms with Crippen molar-refractivity contribution in [2.24, 2.45) is 0 Å². The molecule has 0 aromatic rings. The first-order valence-corrected chi connectivity index (χ1v) is 6.41. The zero-order chi connectivity index (χ0) is 11.3. The Balaban J connectivity index is 1.62. The van der Waals surface area contributed by atoms with Crippen LogP contribution in [-0.2, 0) is 9.47 Å². The van der Waals surface area contributed by atoms with Crippen LogP contribution in [0.4, 0.5) is 0 Å². The molecule has 0 saturated carbocycles. The first-order chi connectivity index (χ1) is 7.79. The van der Waals surface area contributed by atoms with Crippen molar-refractivity contribution in [2.75, 3.05) is 32.9 Å². The molecule has 2 N–H and O–H groups in total. The number of aliphatic hydroxyl groups is 1. The number of hydrogen-bond acceptors (Lipinski definition) is 4. The summed E-state index contributed by atoms with van der Waals surface area (Å²) in [6.07, 6.45) is 5.34. The van der Waals surface area contributed by atoms with Gasteiger partial charge in [0.05, 0.1) is 24.9 Å². The molecule has 2 saturated heterocycles. The summed E-state index contributed by atoms with van der Waals surface area (Å²) in [5, 5.41) is 13.4. The van der Waals surface area contributed by atoms with Crippen molar-refractivity contribution in [1.29, 1.82) is 0 Å². The predicted octanol–water partition coefficient (Wildman–Crippen LogP) is 0.687. The van der Waals surface area contributed by atoms with Crippen molar-refractivity contribution < 1.29 is 14.6 Å². The predicted molar refractivity (Wildman–Crippen MR) is 61.5 cm³/mol. The minimum absolute atomic E-state index is 0.249. The van der Waals surface area contributed by atoms with Crippen LogP contribution < -0.4 is 5.32 Å². The topological polar surface area (TPSA) is 50.7 Å². The van der Waals surface area contributed by atoms with Gasteiger partial charge in [-0.15, -0.1) is 0 Å². The van der Waals surface area contributed by atoms with Gasteiger partial charge in [0.2, 0.25) is 0 Å². The highest BCUT2D eigenvalue weighted by molar-refractivity contribution is 4.84. The van der Waals surface area contributed by atoms with Gasteiger partial charge in [-0.1, -0.05) is 0 Å². The molecule has 0 spiro atoms.